The fourth-order valence-electron chi connectivity index (χ4n) is 3.01. The summed E-state index contributed by atoms with van der Waals surface area (Å²) in [4.78, 5) is 14.8. The van der Waals surface area contributed by atoms with Gasteiger partial charge in [-0.2, -0.15) is 4.99 Å². The van der Waals surface area contributed by atoms with Crippen LogP contribution < -0.4 is 9.47 Å². The van der Waals surface area contributed by atoms with Gasteiger partial charge in [0.15, 0.2) is 11.5 Å². The molecule has 1 heterocycles. The van der Waals surface area contributed by atoms with Gasteiger partial charge in [0.25, 0.3) is 0 Å². The van der Waals surface area contributed by atoms with Gasteiger partial charge in [-0.25, -0.2) is 4.79 Å². The highest BCUT2D eigenvalue weighted by Gasteiger charge is 2.42. The molecule has 1 saturated heterocycles. The summed E-state index contributed by atoms with van der Waals surface area (Å²) in [5, 5.41) is 0. The minimum atomic E-state index is -0.487. The zero-order valence-corrected chi connectivity index (χ0v) is 12.1. The molecule has 1 aromatic rings. The zero-order valence-electron chi connectivity index (χ0n) is 12.1. The highest BCUT2D eigenvalue weighted by molar-refractivity contribution is 5.52. The Morgan fingerprint density at radius 3 is 2.86 bits per heavy atom. The standard InChI is InChI=1S/C16H19NO4/c1-19-15-13(16(17-11-18)7-3-8-16)4-2-5-14(15)21-12-6-9-20-10-12/h2,4-5,12H,3,6-10H2,1H3. The number of ether oxygens (including phenoxy) is 3. The summed E-state index contributed by atoms with van der Waals surface area (Å²) in [5.41, 5.74) is 0.426. The number of aliphatic imine (C=N–C) groups is 1. The highest BCUT2D eigenvalue weighted by atomic mass is 16.6. The van der Waals surface area contributed by atoms with Gasteiger partial charge in [0, 0.05) is 12.0 Å². The van der Waals surface area contributed by atoms with E-state index in [-0.39, 0.29) is 6.10 Å². The maximum Gasteiger partial charge on any atom is 0.235 e. The maximum atomic E-state index is 10.8. The average molecular weight is 289 g/mol. The SMILES string of the molecule is COc1c(OC2CCOC2)cccc1C1(N=C=O)CCC1. The van der Waals surface area contributed by atoms with Crippen molar-refractivity contribution < 1.29 is 19.0 Å². The molecule has 5 heteroatoms. The second-order valence-corrected chi connectivity index (χ2v) is 5.53. The molecule has 0 N–H and O–H groups in total. The summed E-state index contributed by atoms with van der Waals surface area (Å²) in [7, 11) is 1.62. The van der Waals surface area contributed by atoms with E-state index in [0.29, 0.717) is 18.1 Å². The first-order chi connectivity index (χ1) is 10.3. The van der Waals surface area contributed by atoms with Crippen LogP contribution in [0.25, 0.3) is 0 Å². The molecular formula is C16H19NO4. The number of para-hydroxylation sites is 1. The van der Waals surface area contributed by atoms with E-state index in [1.807, 2.05) is 18.2 Å². The number of benzene rings is 1. The van der Waals surface area contributed by atoms with Crippen LogP contribution in [-0.4, -0.2) is 32.5 Å². The average Bonchev–Trinajstić information content (AvgIpc) is 2.95. The van der Waals surface area contributed by atoms with Gasteiger partial charge in [-0.05, 0) is 25.3 Å². The van der Waals surface area contributed by atoms with Gasteiger partial charge in [0.1, 0.15) is 11.6 Å². The van der Waals surface area contributed by atoms with E-state index in [2.05, 4.69) is 4.99 Å². The van der Waals surface area contributed by atoms with Crippen molar-refractivity contribution in [3.63, 3.8) is 0 Å². The molecule has 0 bridgehead atoms. The highest BCUT2D eigenvalue weighted by Crippen LogP contribution is 2.50. The van der Waals surface area contributed by atoms with Gasteiger partial charge >= 0.3 is 0 Å². The van der Waals surface area contributed by atoms with Crippen LogP contribution in [0.15, 0.2) is 23.2 Å². The molecule has 1 unspecified atom stereocenters. The number of hydrogen-bond acceptors (Lipinski definition) is 5. The number of nitrogens with zero attached hydrogens (tertiary/aromatic N) is 1. The molecule has 1 aliphatic carbocycles. The fraction of sp³-hybridized carbons (Fsp3) is 0.562. The minimum absolute atomic E-state index is 0.0565. The second kappa shape index (κ2) is 5.88. The Labute approximate surface area is 123 Å². The van der Waals surface area contributed by atoms with Gasteiger partial charge in [0.2, 0.25) is 6.08 Å². The summed E-state index contributed by atoms with van der Waals surface area (Å²) >= 11 is 0. The van der Waals surface area contributed by atoms with E-state index >= 15 is 0 Å². The summed E-state index contributed by atoms with van der Waals surface area (Å²) < 4.78 is 16.9. The molecule has 2 aliphatic rings. The molecule has 0 radical (unpaired) electrons. The largest absolute Gasteiger partial charge is 0.492 e. The first-order valence-corrected chi connectivity index (χ1v) is 7.30. The molecule has 1 aliphatic heterocycles. The third-order valence-electron chi connectivity index (χ3n) is 4.31. The van der Waals surface area contributed by atoms with Crippen molar-refractivity contribution >= 4 is 6.08 Å². The predicted molar refractivity (Wildman–Crippen MR) is 76.5 cm³/mol. The smallest absolute Gasteiger partial charge is 0.235 e. The van der Waals surface area contributed by atoms with Crippen LogP contribution >= 0.6 is 0 Å². The molecule has 1 saturated carbocycles. The topological polar surface area (TPSA) is 57.1 Å². The Kier molecular flexibility index (Phi) is 3.95. The Morgan fingerprint density at radius 1 is 1.43 bits per heavy atom. The first kappa shape index (κ1) is 14.1. The molecule has 2 fully saturated rings. The quantitative estimate of drug-likeness (QED) is 0.617. The number of methoxy groups -OCH3 is 1. The number of rotatable bonds is 5. The summed E-state index contributed by atoms with van der Waals surface area (Å²) in [6.07, 6.45) is 5.38. The molecule has 0 amide bonds. The van der Waals surface area contributed by atoms with Crippen molar-refractivity contribution in [3.8, 4) is 11.5 Å². The lowest BCUT2D eigenvalue weighted by Gasteiger charge is -2.38. The van der Waals surface area contributed by atoms with Crippen molar-refractivity contribution in [2.45, 2.75) is 37.3 Å². The maximum absolute atomic E-state index is 10.8. The lowest BCUT2D eigenvalue weighted by Crippen LogP contribution is -2.32. The monoisotopic (exact) mass is 289 g/mol. The van der Waals surface area contributed by atoms with Gasteiger partial charge in [-0.1, -0.05) is 12.1 Å². The number of carbonyl (C=O) groups excluding carboxylic acids is 1. The van der Waals surface area contributed by atoms with Crippen LogP contribution in [-0.2, 0) is 15.1 Å². The first-order valence-electron chi connectivity index (χ1n) is 7.30. The van der Waals surface area contributed by atoms with Gasteiger partial charge in [0.05, 0.1) is 20.3 Å². The van der Waals surface area contributed by atoms with Crippen molar-refractivity contribution in [3.05, 3.63) is 23.8 Å². The normalized spacial score (nSPS) is 23.0. The van der Waals surface area contributed by atoms with Crippen LogP contribution in [0.2, 0.25) is 0 Å². The van der Waals surface area contributed by atoms with Crippen LogP contribution in [0.5, 0.6) is 11.5 Å². The predicted octanol–water partition coefficient (Wildman–Crippen LogP) is 2.58. The third kappa shape index (κ3) is 2.55. The summed E-state index contributed by atoms with van der Waals surface area (Å²) in [5.74, 6) is 1.36. The van der Waals surface area contributed by atoms with E-state index in [1.54, 1.807) is 13.2 Å². The van der Waals surface area contributed by atoms with Crippen molar-refractivity contribution in [2.75, 3.05) is 20.3 Å². The number of isocyanates is 1. The van der Waals surface area contributed by atoms with Gasteiger partial charge < -0.3 is 14.2 Å². The number of hydrogen-bond donors (Lipinski definition) is 0. The van der Waals surface area contributed by atoms with Crippen molar-refractivity contribution in [2.24, 2.45) is 4.99 Å². The molecule has 21 heavy (non-hydrogen) atoms. The zero-order chi connectivity index (χ0) is 14.7. The molecule has 1 atom stereocenters. The van der Waals surface area contributed by atoms with Crippen LogP contribution in [0.1, 0.15) is 31.2 Å². The molecule has 112 valence electrons. The summed E-state index contributed by atoms with van der Waals surface area (Å²) in [6, 6.07) is 5.76. The van der Waals surface area contributed by atoms with Crippen LogP contribution in [0.4, 0.5) is 0 Å². The van der Waals surface area contributed by atoms with Gasteiger partial charge in [-0.3, -0.25) is 0 Å². The molecule has 0 aromatic heterocycles. The molecule has 3 rings (SSSR count). The second-order valence-electron chi connectivity index (χ2n) is 5.53. The summed E-state index contributed by atoms with van der Waals surface area (Å²) in [6.45, 7) is 1.33. The lowest BCUT2D eigenvalue weighted by atomic mass is 9.72. The Hall–Kier alpha value is -1.84. The van der Waals surface area contributed by atoms with E-state index in [4.69, 9.17) is 14.2 Å². The van der Waals surface area contributed by atoms with E-state index < -0.39 is 5.54 Å². The minimum Gasteiger partial charge on any atom is -0.492 e. The van der Waals surface area contributed by atoms with Crippen LogP contribution in [0, 0.1) is 0 Å². The molecular weight excluding hydrogens is 270 g/mol. The van der Waals surface area contributed by atoms with Gasteiger partial charge in [-0.15, -0.1) is 0 Å². The van der Waals surface area contributed by atoms with Crippen molar-refractivity contribution in [1.29, 1.82) is 0 Å². The Morgan fingerprint density at radius 2 is 2.29 bits per heavy atom. The van der Waals surface area contributed by atoms with E-state index in [1.165, 1.54) is 0 Å². The lowest BCUT2D eigenvalue weighted by molar-refractivity contribution is 0.138. The molecule has 5 nitrogen and oxygen atoms in total. The van der Waals surface area contributed by atoms with E-state index in [0.717, 1.165) is 37.9 Å². The molecule has 1 aromatic carbocycles. The molecule has 0 spiro atoms. The van der Waals surface area contributed by atoms with Crippen molar-refractivity contribution in [1.82, 2.24) is 0 Å². The van der Waals surface area contributed by atoms with E-state index in [9.17, 15) is 4.79 Å². The Balaban J connectivity index is 1.95. The third-order valence-corrected chi connectivity index (χ3v) is 4.31. The fourth-order valence-corrected chi connectivity index (χ4v) is 3.01. The van der Waals surface area contributed by atoms with Crippen LogP contribution in [0.3, 0.4) is 0 Å². The Bertz CT molecular complexity index is 555.